The predicted molar refractivity (Wildman–Crippen MR) is 92.7 cm³/mol. The van der Waals surface area contributed by atoms with Crippen LogP contribution in [-0.4, -0.2) is 28.5 Å². The number of halogens is 1. The van der Waals surface area contributed by atoms with E-state index in [0.717, 1.165) is 0 Å². The second-order valence-corrected chi connectivity index (χ2v) is 6.43. The average Bonchev–Trinajstić information content (AvgIpc) is 3.24. The second kappa shape index (κ2) is 7.45. The number of thiazole rings is 1. The molecule has 0 spiro atoms. The number of aromatic nitrogens is 2. The molecule has 1 N–H and O–H groups in total. The molecule has 1 amide bonds. The number of rotatable bonds is 5. The van der Waals surface area contributed by atoms with Crippen molar-refractivity contribution in [3.63, 3.8) is 0 Å². The molecule has 0 aromatic carbocycles. The first kappa shape index (κ1) is 17.1. The van der Waals surface area contributed by atoms with Crippen LogP contribution < -0.4 is 5.32 Å². The molecular weight excluding hydrogens is 366 g/mol. The van der Waals surface area contributed by atoms with Gasteiger partial charge in [-0.1, -0.05) is 11.6 Å². The summed E-state index contributed by atoms with van der Waals surface area (Å²) in [6, 6.07) is 6.70. The summed E-state index contributed by atoms with van der Waals surface area (Å²) in [6.45, 7) is 1.29. The van der Waals surface area contributed by atoms with Crippen molar-refractivity contribution in [3.8, 4) is 10.8 Å². The number of amides is 1. The molecule has 0 fully saturated rings. The van der Waals surface area contributed by atoms with Gasteiger partial charge in [0.1, 0.15) is 0 Å². The highest BCUT2D eigenvalue weighted by Crippen LogP contribution is 2.28. The van der Waals surface area contributed by atoms with Crippen molar-refractivity contribution in [2.75, 3.05) is 11.9 Å². The first-order chi connectivity index (χ1) is 12.0. The molecule has 0 saturated carbocycles. The zero-order chi connectivity index (χ0) is 17.8. The summed E-state index contributed by atoms with van der Waals surface area (Å²) in [5, 5.41) is 3.24. The number of furan rings is 1. The van der Waals surface area contributed by atoms with Crippen LogP contribution in [0.1, 0.15) is 15.4 Å². The Bertz CT molecular complexity index is 908. The smallest absolute Gasteiger partial charge is 0.358 e. The third-order valence-electron chi connectivity index (χ3n) is 3.09. The van der Waals surface area contributed by atoms with Crippen LogP contribution in [0.3, 0.4) is 0 Å². The van der Waals surface area contributed by atoms with Crippen LogP contribution in [0.15, 0.2) is 41.1 Å². The fraction of sp³-hybridized carbons (Fsp3) is 0.125. The summed E-state index contributed by atoms with van der Waals surface area (Å²) < 4.78 is 10.3. The monoisotopic (exact) mass is 377 g/mol. The Labute approximate surface area is 151 Å². The molecule has 0 bridgehead atoms. The minimum Gasteiger partial charge on any atom is -0.462 e. The van der Waals surface area contributed by atoms with Gasteiger partial charge in [0.25, 0.3) is 5.91 Å². The van der Waals surface area contributed by atoms with Gasteiger partial charge in [0.15, 0.2) is 28.2 Å². The first-order valence-electron chi connectivity index (χ1n) is 7.13. The van der Waals surface area contributed by atoms with E-state index in [1.807, 2.05) is 0 Å². The van der Waals surface area contributed by atoms with Crippen LogP contribution in [0.2, 0.25) is 5.15 Å². The van der Waals surface area contributed by atoms with Crippen LogP contribution >= 0.6 is 22.9 Å². The number of hydrogen-bond acceptors (Lipinski definition) is 7. The third-order valence-corrected chi connectivity index (χ3v) is 4.38. The van der Waals surface area contributed by atoms with Crippen molar-refractivity contribution in [1.82, 2.24) is 9.97 Å². The SMILES string of the molecule is Cc1sc(-c2ccco2)nc1C(=O)OCC(=O)Nc1cccnc1Cl. The molecule has 0 aliphatic heterocycles. The number of ether oxygens (including phenoxy) is 1. The van der Waals surface area contributed by atoms with Crippen LogP contribution in [0.25, 0.3) is 10.8 Å². The maximum absolute atomic E-state index is 12.1. The Kier molecular flexibility index (Phi) is 5.11. The molecule has 9 heteroatoms. The number of hydrogen-bond donors (Lipinski definition) is 1. The van der Waals surface area contributed by atoms with Crippen molar-refractivity contribution in [2.24, 2.45) is 0 Å². The van der Waals surface area contributed by atoms with Crippen molar-refractivity contribution in [2.45, 2.75) is 6.92 Å². The van der Waals surface area contributed by atoms with Crippen LogP contribution in [0, 0.1) is 6.92 Å². The molecule has 0 atom stereocenters. The molecule has 0 aliphatic rings. The zero-order valence-corrected chi connectivity index (χ0v) is 14.6. The van der Waals surface area contributed by atoms with E-state index in [4.69, 9.17) is 20.8 Å². The predicted octanol–water partition coefficient (Wildman–Crippen LogP) is 3.56. The summed E-state index contributed by atoms with van der Waals surface area (Å²) in [5.41, 5.74) is 0.499. The second-order valence-electron chi connectivity index (χ2n) is 4.87. The number of anilines is 1. The molecule has 128 valence electrons. The number of carbonyl (C=O) groups excluding carboxylic acids is 2. The van der Waals surface area contributed by atoms with E-state index in [1.54, 1.807) is 31.2 Å². The van der Waals surface area contributed by atoms with Gasteiger partial charge >= 0.3 is 5.97 Å². The molecule has 3 heterocycles. The van der Waals surface area contributed by atoms with Gasteiger partial charge in [-0.25, -0.2) is 14.8 Å². The lowest BCUT2D eigenvalue weighted by Gasteiger charge is -2.06. The van der Waals surface area contributed by atoms with Crippen molar-refractivity contribution < 1.29 is 18.7 Å². The van der Waals surface area contributed by atoms with E-state index >= 15 is 0 Å². The lowest BCUT2D eigenvalue weighted by Crippen LogP contribution is -2.21. The highest BCUT2D eigenvalue weighted by Gasteiger charge is 2.20. The number of esters is 1. The Morgan fingerprint density at radius 1 is 1.36 bits per heavy atom. The van der Waals surface area contributed by atoms with Crippen LogP contribution in [0.4, 0.5) is 5.69 Å². The molecule has 3 rings (SSSR count). The number of pyridine rings is 1. The quantitative estimate of drug-likeness (QED) is 0.539. The summed E-state index contributed by atoms with van der Waals surface area (Å²) in [7, 11) is 0. The first-order valence-corrected chi connectivity index (χ1v) is 8.33. The molecule has 0 aliphatic carbocycles. The molecule has 7 nitrogen and oxygen atoms in total. The summed E-state index contributed by atoms with van der Waals surface area (Å²) in [4.78, 5) is 32.7. The highest BCUT2D eigenvalue weighted by molar-refractivity contribution is 7.15. The highest BCUT2D eigenvalue weighted by atomic mass is 35.5. The van der Waals surface area contributed by atoms with Crippen molar-refractivity contribution in [3.05, 3.63) is 52.4 Å². The minimum absolute atomic E-state index is 0.153. The minimum atomic E-state index is -0.681. The largest absolute Gasteiger partial charge is 0.462 e. The molecule has 25 heavy (non-hydrogen) atoms. The van der Waals surface area contributed by atoms with E-state index in [1.165, 1.54) is 23.8 Å². The lowest BCUT2D eigenvalue weighted by atomic mass is 10.4. The van der Waals surface area contributed by atoms with Crippen molar-refractivity contribution in [1.29, 1.82) is 0 Å². The van der Waals surface area contributed by atoms with Gasteiger partial charge in [-0.05, 0) is 31.2 Å². The summed E-state index contributed by atoms with van der Waals surface area (Å²) >= 11 is 7.16. The Balaban J connectivity index is 1.61. The maximum atomic E-state index is 12.1. The van der Waals surface area contributed by atoms with Gasteiger partial charge in [0.05, 0.1) is 12.0 Å². The number of nitrogens with one attached hydrogen (secondary N) is 1. The van der Waals surface area contributed by atoms with Gasteiger partial charge in [0.2, 0.25) is 0 Å². The van der Waals surface area contributed by atoms with Crippen molar-refractivity contribution >= 4 is 40.5 Å². The average molecular weight is 378 g/mol. The molecule has 0 unspecified atom stereocenters. The van der Waals surface area contributed by atoms with Gasteiger partial charge in [-0.15, -0.1) is 11.3 Å². The van der Waals surface area contributed by atoms with E-state index < -0.39 is 18.5 Å². The van der Waals surface area contributed by atoms with Crippen LogP contribution in [-0.2, 0) is 9.53 Å². The van der Waals surface area contributed by atoms with E-state index in [-0.39, 0.29) is 10.8 Å². The van der Waals surface area contributed by atoms with Gasteiger partial charge in [-0.3, -0.25) is 4.79 Å². The lowest BCUT2D eigenvalue weighted by molar-refractivity contribution is -0.119. The van der Waals surface area contributed by atoms with E-state index in [2.05, 4.69) is 15.3 Å². The normalized spacial score (nSPS) is 10.5. The third kappa shape index (κ3) is 4.04. The molecule has 3 aromatic heterocycles. The van der Waals surface area contributed by atoms with Gasteiger partial charge in [0, 0.05) is 11.1 Å². The van der Waals surface area contributed by atoms with Gasteiger partial charge in [-0.2, -0.15) is 0 Å². The maximum Gasteiger partial charge on any atom is 0.358 e. The summed E-state index contributed by atoms with van der Waals surface area (Å²) in [5.74, 6) is -0.641. The molecule has 0 radical (unpaired) electrons. The standard InChI is InChI=1S/C16H12ClN3O4S/c1-9-13(20-15(25-9)11-5-3-7-23-11)16(22)24-8-12(21)19-10-4-2-6-18-14(10)17/h2-7H,8H2,1H3,(H,19,21). The number of aryl methyl sites for hydroxylation is 1. The number of carbonyl (C=O) groups is 2. The Morgan fingerprint density at radius 3 is 2.92 bits per heavy atom. The zero-order valence-electron chi connectivity index (χ0n) is 13.0. The molecular formula is C16H12ClN3O4S. The fourth-order valence-corrected chi connectivity index (χ4v) is 2.99. The molecule has 3 aromatic rings. The van der Waals surface area contributed by atoms with Crippen LogP contribution in [0.5, 0.6) is 0 Å². The Hall–Kier alpha value is -2.71. The topological polar surface area (TPSA) is 94.3 Å². The van der Waals surface area contributed by atoms with E-state index in [0.29, 0.717) is 21.3 Å². The fourth-order valence-electron chi connectivity index (χ4n) is 1.96. The van der Waals surface area contributed by atoms with E-state index in [9.17, 15) is 9.59 Å². The number of nitrogens with zero attached hydrogens (tertiary/aromatic N) is 2. The molecule has 0 saturated heterocycles. The summed E-state index contributed by atoms with van der Waals surface area (Å²) in [6.07, 6.45) is 3.03. The Morgan fingerprint density at radius 2 is 2.20 bits per heavy atom. The van der Waals surface area contributed by atoms with Gasteiger partial charge < -0.3 is 14.5 Å².